The van der Waals surface area contributed by atoms with Gasteiger partial charge >= 0.3 is 23.5 Å². The Morgan fingerprint density at radius 1 is 1.19 bits per heavy atom. The van der Waals surface area contributed by atoms with E-state index in [1.165, 1.54) is 0 Å². The van der Waals surface area contributed by atoms with Crippen LogP contribution >= 0.6 is 11.6 Å². The van der Waals surface area contributed by atoms with Crippen LogP contribution in [0.2, 0.25) is 5.02 Å². The van der Waals surface area contributed by atoms with E-state index in [4.69, 9.17) is 17.0 Å². The lowest BCUT2D eigenvalue weighted by atomic mass is 10.2. The van der Waals surface area contributed by atoms with Crippen molar-refractivity contribution in [2.45, 2.75) is 19.3 Å². The van der Waals surface area contributed by atoms with Crippen molar-refractivity contribution >= 4 is 17.5 Å². The Morgan fingerprint density at radius 2 is 1.81 bits per heavy atom. The van der Waals surface area contributed by atoms with Crippen LogP contribution in [-0.4, -0.2) is 32.7 Å². The van der Waals surface area contributed by atoms with Gasteiger partial charge in [0.05, 0.1) is 6.54 Å². The average Bonchev–Trinajstić information content (AvgIpc) is 2.55. The number of alkyl halides is 3. The van der Waals surface area contributed by atoms with Gasteiger partial charge in [0.25, 0.3) is 0 Å². The lowest BCUT2D eigenvalue weighted by molar-refractivity contribution is -0.173. The van der Waals surface area contributed by atoms with Crippen molar-refractivity contribution < 1.29 is 18.0 Å². The SMILES string of the molecule is N=c1[nH]c(=O)n(CCNC(=O)C(F)(F)F)c(=O)n1Cc1ccc(Cl)cc1. The number of aromatic amines is 1. The van der Waals surface area contributed by atoms with E-state index in [9.17, 15) is 27.6 Å². The molecule has 0 fully saturated rings. The zero-order valence-corrected chi connectivity index (χ0v) is 13.8. The van der Waals surface area contributed by atoms with E-state index in [0.29, 0.717) is 15.2 Å². The Kier molecular flexibility index (Phi) is 5.70. The van der Waals surface area contributed by atoms with Gasteiger partial charge in [0, 0.05) is 18.1 Å². The molecular formula is C14H13ClF3N5O3. The van der Waals surface area contributed by atoms with Gasteiger partial charge in [-0.2, -0.15) is 13.2 Å². The molecule has 3 N–H and O–H groups in total. The first-order chi connectivity index (χ1) is 12.1. The molecule has 0 spiro atoms. The number of halogens is 4. The van der Waals surface area contributed by atoms with Gasteiger partial charge in [-0.3, -0.25) is 19.8 Å². The monoisotopic (exact) mass is 391 g/mol. The van der Waals surface area contributed by atoms with Crippen LogP contribution in [0.25, 0.3) is 0 Å². The predicted molar refractivity (Wildman–Crippen MR) is 84.8 cm³/mol. The summed E-state index contributed by atoms with van der Waals surface area (Å²) in [6.07, 6.45) is -5.06. The minimum absolute atomic E-state index is 0.0550. The van der Waals surface area contributed by atoms with Crippen molar-refractivity contribution in [3.63, 3.8) is 0 Å². The van der Waals surface area contributed by atoms with Crippen LogP contribution < -0.4 is 22.3 Å². The fourth-order valence-corrected chi connectivity index (χ4v) is 2.19. The number of aromatic nitrogens is 3. The summed E-state index contributed by atoms with van der Waals surface area (Å²) in [7, 11) is 0. The number of hydrogen-bond donors (Lipinski definition) is 3. The molecule has 1 heterocycles. The second-order valence-corrected chi connectivity index (χ2v) is 5.62. The Morgan fingerprint density at radius 3 is 2.38 bits per heavy atom. The number of amides is 1. The molecule has 2 rings (SSSR count). The van der Waals surface area contributed by atoms with Crippen molar-refractivity contribution in [2.75, 3.05) is 6.54 Å². The molecule has 0 aliphatic rings. The van der Waals surface area contributed by atoms with Gasteiger partial charge in [0.2, 0.25) is 5.62 Å². The minimum Gasteiger partial charge on any atom is -0.346 e. The summed E-state index contributed by atoms with van der Waals surface area (Å²) >= 11 is 5.77. The first-order valence-corrected chi connectivity index (χ1v) is 7.55. The molecule has 1 aromatic carbocycles. The Balaban J connectivity index is 2.24. The second-order valence-electron chi connectivity index (χ2n) is 5.18. The maximum atomic E-state index is 12.4. The highest BCUT2D eigenvalue weighted by Gasteiger charge is 2.38. The van der Waals surface area contributed by atoms with Crippen molar-refractivity contribution in [1.82, 2.24) is 19.4 Å². The molecule has 8 nitrogen and oxygen atoms in total. The van der Waals surface area contributed by atoms with E-state index in [1.54, 1.807) is 29.6 Å². The summed E-state index contributed by atoms with van der Waals surface area (Å²) in [6.45, 7) is -1.13. The molecule has 0 saturated heterocycles. The smallest absolute Gasteiger partial charge is 0.346 e. The molecule has 0 bridgehead atoms. The number of H-pyrrole nitrogens is 1. The summed E-state index contributed by atoms with van der Waals surface area (Å²) in [5, 5.41) is 9.76. The van der Waals surface area contributed by atoms with E-state index in [0.717, 1.165) is 4.57 Å². The Bertz CT molecular complexity index is 976. The third kappa shape index (κ3) is 4.63. The zero-order valence-electron chi connectivity index (χ0n) is 13.1. The van der Waals surface area contributed by atoms with E-state index >= 15 is 0 Å². The number of benzene rings is 1. The summed E-state index contributed by atoms with van der Waals surface area (Å²) in [5.41, 5.74) is -1.71. The number of rotatable bonds is 5. The average molecular weight is 392 g/mol. The Labute approximate surface area is 148 Å². The molecule has 0 radical (unpaired) electrons. The third-order valence-electron chi connectivity index (χ3n) is 3.33. The maximum absolute atomic E-state index is 12.4. The first-order valence-electron chi connectivity index (χ1n) is 7.17. The number of hydrogen-bond acceptors (Lipinski definition) is 4. The van der Waals surface area contributed by atoms with Crippen molar-refractivity contribution in [2.24, 2.45) is 0 Å². The highest BCUT2D eigenvalue weighted by molar-refractivity contribution is 6.30. The molecule has 0 saturated carbocycles. The predicted octanol–water partition coefficient (Wildman–Crippen LogP) is 0.198. The van der Waals surface area contributed by atoms with E-state index in [-0.39, 0.29) is 6.54 Å². The first kappa shape index (κ1) is 19.5. The number of carbonyl (C=O) groups excluding carboxylic acids is 1. The zero-order chi connectivity index (χ0) is 19.5. The standard InChI is InChI=1S/C14H13ClF3N5O3/c15-9-3-1-8(2-4-9)7-23-11(19)21-12(25)22(13(23)26)6-5-20-10(24)14(16,17)18/h1-4H,5-7H2,(H,20,24)(H2,19,21,25). The molecule has 26 heavy (non-hydrogen) atoms. The fraction of sp³-hybridized carbons (Fsp3) is 0.286. The van der Waals surface area contributed by atoms with E-state index in [2.05, 4.69) is 4.98 Å². The fourth-order valence-electron chi connectivity index (χ4n) is 2.06. The van der Waals surface area contributed by atoms with Crippen LogP contribution in [0.15, 0.2) is 33.9 Å². The molecule has 1 aromatic heterocycles. The molecule has 0 aliphatic carbocycles. The molecule has 12 heteroatoms. The van der Waals surface area contributed by atoms with Gasteiger partial charge in [0.15, 0.2) is 0 Å². The van der Waals surface area contributed by atoms with Gasteiger partial charge in [0.1, 0.15) is 0 Å². The molecule has 140 valence electrons. The highest BCUT2D eigenvalue weighted by Crippen LogP contribution is 2.13. The normalized spacial score (nSPS) is 11.4. The third-order valence-corrected chi connectivity index (χ3v) is 3.59. The van der Waals surface area contributed by atoms with Gasteiger partial charge < -0.3 is 5.32 Å². The van der Waals surface area contributed by atoms with Crippen LogP contribution in [0.1, 0.15) is 5.56 Å². The largest absolute Gasteiger partial charge is 0.471 e. The van der Waals surface area contributed by atoms with Gasteiger partial charge in [-0.25, -0.2) is 14.2 Å². The molecular weight excluding hydrogens is 379 g/mol. The summed E-state index contributed by atoms with van der Waals surface area (Å²) in [6, 6.07) is 6.40. The van der Waals surface area contributed by atoms with Crippen molar-refractivity contribution in [3.05, 3.63) is 61.4 Å². The van der Waals surface area contributed by atoms with Crippen LogP contribution in [0.4, 0.5) is 13.2 Å². The lowest BCUT2D eigenvalue weighted by Gasteiger charge is -2.11. The highest BCUT2D eigenvalue weighted by atomic mass is 35.5. The number of nitrogens with zero attached hydrogens (tertiary/aromatic N) is 2. The van der Waals surface area contributed by atoms with Gasteiger partial charge in [-0.15, -0.1) is 0 Å². The number of nitrogens with one attached hydrogen (secondary N) is 3. The molecule has 2 aromatic rings. The van der Waals surface area contributed by atoms with Crippen LogP contribution in [0.3, 0.4) is 0 Å². The molecule has 0 atom stereocenters. The quantitative estimate of drug-likeness (QED) is 0.676. The van der Waals surface area contributed by atoms with E-state index < -0.39 is 42.2 Å². The van der Waals surface area contributed by atoms with Crippen molar-refractivity contribution in [1.29, 1.82) is 5.41 Å². The number of carbonyl (C=O) groups is 1. The summed E-state index contributed by atoms with van der Waals surface area (Å²) < 4.78 is 37.9. The maximum Gasteiger partial charge on any atom is 0.471 e. The van der Waals surface area contributed by atoms with Gasteiger partial charge in [-0.1, -0.05) is 23.7 Å². The topological polar surface area (TPSA) is 113 Å². The molecule has 1 amide bonds. The van der Waals surface area contributed by atoms with Crippen LogP contribution in [0.5, 0.6) is 0 Å². The van der Waals surface area contributed by atoms with Crippen LogP contribution in [-0.2, 0) is 17.9 Å². The van der Waals surface area contributed by atoms with Crippen LogP contribution in [0, 0.1) is 5.41 Å². The molecule has 0 unspecified atom stereocenters. The van der Waals surface area contributed by atoms with Crippen molar-refractivity contribution in [3.8, 4) is 0 Å². The lowest BCUT2D eigenvalue weighted by Crippen LogP contribution is -2.51. The van der Waals surface area contributed by atoms with E-state index in [1.807, 2.05) is 0 Å². The summed E-state index contributed by atoms with van der Waals surface area (Å²) in [5.74, 6) is -2.17. The molecule has 0 aliphatic heterocycles. The second kappa shape index (κ2) is 7.60. The minimum atomic E-state index is -5.06. The Hall–Kier alpha value is -2.82. The van der Waals surface area contributed by atoms with Gasteiger partial charge in [-0.05, 0) is 17.7 Å². The summed E-state index contributed by atoms with van der Waals surface area (Å²) in [4.78, 5) is 37.1.